The van der Waals surface area contributed by atoms with Crippen LogP contribution in [0.1, 0.15) is 5.56 Å². The van der Waals surface area contributed by atoms with Gasteiger partial charge in [0, 0.05) is 18.0 Å². The highest BCUT2D eigenvalue weighted by atomic mass is 35.5. The zero-order chi connectivity index (χ0) is 23.5. The number of halogens is 3. The number of benzene rings is 3. The molecule has 0 N–H and O–H groups in total. The number of imidazole rings is 1. The van der Waals surface area contributed by atoms with Crippen LogP contribution in [0.5, 0.6) is 5.75 Å². The molecular weight excluding hydrogens is 495 g/mol. The van der Waals surface area contributed by atoms with Crippen molar-refractivity contribution in [2.75, 3.05) is 13.2 Å². The largest absolute Gasteiger partial charge is 0.491 e. The SMILES string of the molecule is Clc1cc(C2(Cn3ccnc3)OCC(COc3ccc(-c4ccccc4)cc3)O2)cc(Cl)c1Cl. The summed E-state index contributed by atoms with van der Waals surface area (Å²) >= 11 is 18.8. The second-order valence-electron chi connectivity index (χ2n) is 7.99. The zero-order valence-electron chi connectivity index (χ0n) is 18.0. The lowest BCUT2D eigenvalue weighted by atomic mass is 10.1. The van der Waals surface area contributed by atoms with Crippen molar-refractivity contribution in [3.05, 3.63) is 106 Å². The lowest BCUT2D eigenvalue weighted by Crippen LogP contribution is -2.34. The molecule has 2 heterocycles. The molecule has 0 bridgehead atoms. The third-order valence-corrected chi connectivity index (χ3v) is 6.83. The van der Waals surface area contributed by atoms with Crippen LogP contribution in [-0.4, -0.2) is 28.9 Å². The van der Waals surface area contributed by atoms with E-state index in [1.54, 1.807) is 24.7 Å². The van der Waals surface area contributed by atoms with Crippen molar-refractivity contribution >= 4 is 34.8 Å². The number of aromatic nitrogens is 2. The van der Waals surface area contributed by atoms with Crippen molar-refractivity contribution in [3.8, 4) is 16.9 Å². The first kappa shape index (κ1) is 23.2. The molecule has 3 aromatic carbocycles. The van der Waals surface area contributed by atoms with E-state index in [0.29, 0.717) is 40.4 Å². The summed E-state index contributed by atoms with van der Waals surface area (Å²) in [4.78, 5) is 4.12. The Balaban J connectivity index is 1.31. The first-order valence-electron chi connectivity index (χ1n) is 10.7. The summed E-state index contributed by atoms with van der Waals surface area (Å²) < 4.78 is 20.5. The molecule has 1 fully saturated rings. The fraction of sp³-hybridized carbons (Fsp3) is 0.192. The molecular formula is C26H21Cl3N2O3. The first-order valence-corrected chi connectivity index (χ1v) is 11.9. The van der Waals surface area contributed by atoms with E-state index in [-0.39, 0.29) is 6.10 Å². The quantitative estimate of drug-likeness (QED) is 0.252. The first-order chi connectivity index (χ1) is 16.5. The molecule has 0 spiro atoms. The molecule has 5 nitrogen and oxygen atoms in total. The molecule has 0 saturated carbocycles. The van der Waals surface area contributed by atoms with Gasteiger partial charge in [0.1, 0.15) is 18.5 Å². The zero-order valence-corrected chi connectivity index (χ0v) is 20.3. The number of nitrogens with zero attached hydrogens (tertiary/aromatic N) is 2. The van der Waals surface area contributed by atoms with Gasteiger partial charge in [-0.15, -0.1) is 0 Å². The van der Waals surface area contributed by atoms with Crippen molar-refractivity contribution < 1.29 is 14.2 Å². The van der Waals surface area contributed by atoms with Crippen LogP contribution in [0, 0.1) is 0 Å². The minimum Gasteiger partial charge on any atom is -0.491 e. The fourth-order valence-corrected chi connectivity index (χ4v) is 4.53. The Morgan fingerprint density at radius 2 is 1.68 bits per heavy atom. The number of hydrogen-bond donors (Lipinski definition) is 0. The molecule has 1 aliphatic rings. The molecule has 1 saturated heterocycles. The summed E-state index contributed by atoms with van der Waals surface area (Å²) in [6.07, 6.45) is 4.94. The van der Waals surface area contributed by atoms with Crippen molar-refractivity contribution in [2.45, 2.75) is 18.4 Å². The molecule has 0 aliphatic carbocycles. The van der Waals surface area contributed by atoms with Gasteiger partial charge in [-0.3, -0.25) is 0 Å². The van der Waals surface area contributed by atoms with Gasteiger partial charge in [-0.25, -0.2) is 4.98 Å². The van der Waals surface area contributed by atoms with E-state index in [0.717, 1.165) is 16.9 Å². The van der Waals surface area contributed by atoms with Gasteiger partial charge in [-0.1, -0.05) is 77.3 Å². The highest BCUT2D eigenvalue weighted by Gasteiger charge is 2.44. The van der Waals surface area contributed by atoms with Gasteiger partial charge >= 0.3 is 0 Å². The maximum absolute atomic E-state index is 6.42. The molecule has 5 rings (SSSR count). The third-order valence-electron chi connectivity index (χ3n) is 5.63. The molecule has 2 atom stereocenters. The highest BCUT2D eigenvalue weighted by Crippen LogP contribution is 2.41. The van der Waals surface area contributed by atoms with Crippen LogP contribution in [-0.2, 0) is 21.8 Å². The lowest BCUT2D eigenvalue weighted by molar-refractivity contribution is -0.189. The second-order valence-corrected chi connectivity index (χ2v) is 9.19. The number of ether oxygens (including phenoxy) is 3. The van der Waals surface area contributed by atoms with Crippen molar-refractivity contribution in [1.82, 2.24) is 9.55 Å². The second kappa shape index (κ2) is 9.98. The highest BCUT2D eigenvalue weighted by molar-refractivity contribution is 6.48. The lowest BCUT2D eigenvalue weighted by Gasteiger charge is -2.29. The van der Waals surface area contributed by atoms with Gasteiger partial charge in [0.2, 0.25) is 5.79 Å². The van der Waals surface area contributed by atoms with Gasteiger partial charge in [0.25, 0.3) is 0 Å². The van der Waals surface area contributed by atoms with Crippen LogP contribution in [0.2, 0.25) is 15.1 Å². The van der Waals surface area contributed by atoms with Gasteiger partial charge < -0.3 is 18.8 Å². The van der Waals surface area contributed by atoms with Gasteiger partial charge in [0.15, 0.2) is 0 Å². The molecule has 4 aromatic rings. The maximum atomic E-state index is 6.42. The maximum Gasteiger partial charge on any atom is 0.214 e. The monoisotopic (exact) mass is 514 g/mol. The summed E-state index contributed by atoms with van der Waals surface area (Å²) in [7, 11) is 0. The third kappa shape index (κ3) is 4.95. The molecule has 2 unspecified atom stereocenters. The summed E-state index contributed by atoms with van der Waals surface area (Å²) in [5.41, 5.74) is 2.96. The minimum absolute atomic E-state index is 0.293. The molecule has 8 heteroatoms. The van der Waals surface area contributed by atoms with E-state index in [2.05, 4.69) is 17.1 Å². The summed E-state index contributed by atoms with van der Waals surface area (Å²) in [6.45, 7) is 1.03. The van der Waals surface area contributed by atoms with Crippen LogP contribution < -0.4 is 4.74 Å². The van der Waals surface area contributed by atoms with Crippen molar-refractivity contribution in [1.29, 1.82) is 0 Å². The Bertz CT molecular complexity index is 1230. The fourth-order valence-electron chi connectivity index (χ4n) is 3.93. The standard InChI is InChI=1S/C26H21Cl3N2O3/c27-23-12-20(13-24(28)25(23)29)26(16-31-11-10-30-17-31)33-15-22(34-26)14-32-21-8-6-19(7-9-21)18-4-2-1-3-5-18/h1-13,17,22H,14-16H2. The average Bonchev–Trinajstić information content (AvgIpc) is 3.53. The number of rotatable bonds is 7. The molecule has 1 aromatic heterocycles. The Labute approximate surface area is 212 Å². The summed E-state index contributed by atoms with van der Waals surface area (Å²) in [5, 5.41) is 0.959. The van der Waals surface area contributed by atoms with E-state index in [1.165, 1.54) is 0 Å². The Morgan fingerprint density at radius 1 is 0.971 bits per heavy atom. The van der Waals surface area contributed by atoms with Gasteiger partial charge in [-0.2, -0.15) is 0 Å². The Hall–Kier alpha value is -2.54. The Kier molecular flexibility index (Phi) is 6.82. The summed E-state index contributed by atoms with van der Waals surface area (Å²) in [5.74, 6) is -0.350. The molecule has 1 aliphatic heterocycles. The van der Waals surface area contributed by atoms with E-state index in [9.17, 15) is 0 Å². The minimum atomic E-state index is -1.11. The smallest absolute Gasteiger partial charge is 0.214 e. The van der Waals surface area contributed by atoms with Crippen LogP contribution in [0.3, 0.4) is 0 Å². The van der Waals surface area contributed by atoms with Crippen LogP contribution in [0.15, 0.2) is 85.5 Å². The van der Waals surface area contributed by atoms with E-state index in [4.69, 9.17) is 49.0 Å². The average molecular weight is 516 g/mol. The molecule has 0 radical (unpaired) electrons. The van der Waals surface area contributed by atoms with Gasteiger partial charge in [-0.05, 0) is 35.4 Å². The number of hydrogen-bond acceptors (Lipinski definition) is 4. The van der Waals surface area contributed by atoms with Crippen LogP contribution >= 0.6 is 34.8 Å². The van der Waals surface area contributed by atoms with E-state index in [1.807, 2.05) is 53.2 Å². The van der Waals surface area contributed by atoms with Crippen molar-refractivity contribution in [2.24, 2.45) is 0 Å². The Morgan fingerprint density at radius 3 is 2.35 bits per heavy atom. The molecule has 0 amide bonds. The van der Waals surface area contributed by atoms with Crippen LogP contribution in [0.25, 0.3) is 11.1 Å². The predicted octanol–water partition coefficient (Wildman–Crippen LogP) is 6.86. The normalized spacial score (nSPS) is 19.9. The van der Waals surface area contributed by atoms with E-state index >= 15 is 0 Å². The summed E-state index contributed by atoms with van der Waals surface area (Å²) in [6, 6.07) is 21.6. The molecule has 34 heavy (non-hydrogen) atoms. The predicted molar refractivity (Wildman–Crippen MR) is 134 cm³/mol. The van der Waals surface area contributed by atoms with Gasteiger partial charge in [0.05, 0.1) is 34.5 Å². The topological polar surface area (TPSA) is 45.5 Å². The van der Waals surface area contributed by atoms with Crippen molar-refractivity contribution in [3.63, 3.8) is 0 Å². The molecule has 174 valence electrons. The van der Waals surface area contributed by atoms with Crippen LogP contribution in [0.4, 0.5) is 0 Å². The van der Waals surface area contributed by atoms with E-state index < -0.39 is 5.79 Å².